The molecule has 0 spiro atoms. The summed E-state index contributed by atoms with van der Waals surface area (Å²) in [4.78, 5) is 2.09. The van der Waals surface area contributed by atoms with E-state index in [2.05, 4.69) is 4.90 Å². The van der Waals surface area contributed by atoms with Crippen LogP contribution in [0.5, 0.6) is 5.75 Å². The Labute approximate surface area is 111 Å². The largest absolute Gasteiger partial charge is 0.489 e. The average molecular weight is 272 g/mol. The Morgan fingerprint density at radius 3 is 2.74 bits per heavy atom. The number of nitrogens with zero attached hydrogens (tertiary/aromatic N) is 1. The summed E-state index contributed by atoms with van der Waals surface area (Å²) in [6.07, 6.45) is 0. The van der Waals surface area contributed by atoms with E-state index < -0.39 is 6.67 Å². The zero-order valence-corrected chi connectivity index (χ0v) is 10.7. The Kier molecular flexibility index (Phi) is 4.93. The maximum atomic E-state index is 13.8. The SMILES string of the molecule is Nc1cc(F)c(CN2CCOCC2)cc1OCCF. The van der Waals surface area contributed by atoms with Gasteiger partial charge in [0, 0.05) is 31.3 Å². The highest BCUT2D eigenvalue weighted by Gasteiger charge is 2.15. The molecule has 0 amide bonds. The summed E-state index contributed by atoms with van der Waals surface area (Å²) in [6.45, 7) is 2.64. The zero-order valence-electron chi connectivity index (χ0n) is 10.7. The Hall–Kier alpha value is -1.40. The van der Waals surface area contributed by atoms with Crippen molar-refractivity contribution in [1.82, 2.24) is 4.90 Å². The summed E-state index contributed by atoms with van der Waals surface area (Å²) in [6, 6.07) is 2.78. The van der Waals surface area contributed by atoms with E-state index in [-0.39, 0.29) is 18.1 Å². The molecule has 4 nitrogen and oxygen atoms in total. The third-order valence-corrected chi connectivity index (χ3v) is 3.01. The molecular weight excluding hydrogens is 254 g/mol. The molecule has 1 aromatic carbocycles. The number of nitrogen functional groups attached to an aromatic ring is 1. The van der Waals surface area contributed by atoms with Crippen molar-refractivity contribution in [2.75, 3.05) is 45.3 Å². The van der Waals surface area contributed by atoms with Crippen molar-refractivity contribution in [3.63, 3.8) is 0 Å². The van der Waals surface area contributed by atoms with Crippen molar-refractivity contribution in [1.29, 1.82) is 0 Å². The maximum absolute atomic E-state index is 13.8. The smallest absolute Gasteiger partial charge is 0.142 e. The predicted octanol–water partition coefficient (Wildman–Crippen LogP) is 1.59. The molecule has 2 rings (SSSR count). The lowest BCUT2D eigenvalue weighted by Gasteiger charge is -2.27. The van der Waals surface area contributed by atoms with Crippen LogP contribution in [-0.2, 0) is 11.3 Å². The normalized spacial score (nSPS) is 16.5. The lowest BCUT2D eigenvalue weighted by atomic mass is 10.1. The summed E-state index contributed by atoms with van der Waals surface area (Å²) >= 11 is 0. The number of alkyl halides is 1. The molecule has 106 valence electrons. The third-order valence-electron chi connectivity index (χ3n) is 3.01. The van der Waals surface area contributed by atoms with Crippen LogP contribution in [0.4, 0.5) is 14.5 Å². The van der Waals surface area contributed by atoms with Gasteiger partial charge in [0.15, 0.2) is 0 Å². The molecule has 1 fully saturated rings. The van der Waals surface area contributed by atoms with Crippen molar-refractivity contribution in [3.05, 3.63) is 23.5 Å². The quantitative estimate of drug-likeness (QED) is 0.827. The molecule has 19 heavy (non-hydrogen) atoms. The monoisotopic (exact) mass is 272 g/mol. The molecule has 1 aliphatic rings. The molecule has 1 heterocycles. The first-order chi connectivity index (χ1) is 9.20. The minimum Gasteiger partial charge on any atom is -0.489 e. The predicted molar refractivity (Wildman–Crippen MR) is 68.4 cm³/mol. The van der Waals surface area contributed by atoms with Gasteiger partial charge in [-0.05, 0) is 6.07 Å². The minimum absolute atomic E-state index is 0.0766. The van der Waals surface area contributed by atoms with Crippen LogP contribution < -0.4 is 10.5 Å². The number of hydrogen-bond donors (Lipinski definition) is 1. The van der Waals surface area contributed by atoms with Gasteiger partial charge in [0.2, 0.25) is 0 Å². The number of hydrogen-bond acceptors (Lipinski definition) is 4. The second-order valence-electron chi connectivity index (χ2n) is 4.41. The van der Waals surface area contributed by atoms with Gasteiger partial charge in [0.1, 0.15) is 24.8 Å². The first kappa shape index (κ1) is 14.0. The summed E-state index contributed by atoms with van der Waals surface area (Å²) in [7, 11) is 0. The maximum Gasteiger partial charge on any atom is 0.142 e. The van der Waals surface area contributed by atoms with Gasteiger partial charge in [0.05, 0.1) is 18.9 Å². The van der Waals surface area contributed by atoms with Crippen molar-refractivity contribution < 1.29 is 18.3 Å². The molecule has 0 unspecified atom stereocenters. The molecule has 0 bridgehead atoms. The minimum atomic E-state index is -0.602. The van der Waals surface area contributed by atoms with Gasteiger partial charge < -0.3 is 15.2 Å². The van der Waals surface area contributed by atoms with Crippen LogP contribution >= 0.6 is 0 Å². The number of morpholine rings is 1. The number of ether oxygens (including phenoxy) is 2. The molecule has 1 aliphatic heterocycles. The number of nitrogens with two attached hydrogens (primary N) is 1. The first-order valence-electron chi connectivity index (χ1n) is 6.27. The van der Waals surface area contributed by atoms with E-state index in [0.29, 0.717) is 31.1 Å². The fourth-order valence-electron chi connectivity index (χ4n) is 2.01. The lowest BCUT2D eigenvalue weighted by Crippen LogP contribution is -2.35. The van der Waals surface area contributed by atoms with Crippen molar-refractivity contribution >= 4 is 5.69 Å². The van der Waals surface area contributed by atoms with Gasteiger partial charge in [-0.25, -0.2) is 8.78 Å². The number of rotatable bonds is 5. The highest BCUT2D eigenvalue weighted by Crippen LogP contribution is 2.26. The van der Waals surface area contributed by atoms with E-state index >= 15 is 0 Å². The van der Waals surface area contributed by atoms with E-state index in [1.807, 2.05) is 0 Å². The van der Waals surface area contributed by atoms with Gasteiger partial charge in [-0.1, -0.05) is 0 Å². The summed E-state index contributed by atoms with van der Waals surface area (Å²) < 4.78 is 36.3. The number of benzene rings is 1. The highest BCUT2D eigenvalue weighted by atomic mass is 19.1. The van der Waals surface area contributed by atoms with Crippen LogP contribution in [0.3, 0.4) is 0 Å². The fraction of sp³-hybridized carbons (Fsp3) is 0.538. The van der Waals surface area contributed by atoms with Crippen LogP contribution in [0, 0.1) is 5.82 Å². The molecule has 0 saturated carbocycles. The average Bonchev–Trinajstić information content (AvgIpc) is 2.42. The van der Waals surface area contributed by atoms with E-state index in [0.717, 1.165) is 13.1 Å². The van der Waals surface area contributed by atoms with Crippen molar-refractivity contribution in [2.24, 2.45) is 0 Å². The second kappa shape index (κ2) is 6.68. The van der Waals surface area contributed by atoms with Gasteiger partial charge in [-0.3, -0.25) is 4.90 Å². The van der Waals surface area contributed by atoms with Crippen LogP contribution in [0.25, 0.3) is 0 Å². The third kappa shape index (κ3) is 3.78. The second-order valence-corrected chi connectivity index (χ2v) is 4.41. The highest BCUT2D eigenvalue weighted by molar-refractivity contribution is 5.54. The first-order valence-corrected chi connectivity index (χ1v) is 6.27. The standard InChI is InChI=1S/C13H18F2N2O2/c14-1-4-19-13-7-10(11(15)8-12(13)16)9-17-2-5-18-6-3-17/h7-8H,1-6,9,16H2. The Morgan fingerprint density at radius 1 is 1.32 bits per heavy atom. The van der Waals surface area contributed by atoms with Crippen molar-refractivity contribution in [3.8, 4) is 5.75 Å². The van der Waals surface area contributed by atoms with Crippen LogP contribution in [0.2, 0.25) is 0 Å². The molecule has 2 N–H and O–H groups in total. The van der Waals surface area contributed by atoms with Gasteiger partial charge in [0.25, 0.3) is 0 Å². The number of anilines is 1. The Balaban J connectivity index is 2.09. The van der Waals surface area contributed by atoms with Crippen LogP contribution in [0.15, 0.2) is 12.1 Å². The molecule has 6 heteroatoms. The number of halogens is 2. The fourth-order valence-corrected chi connectivity index (χ4v) is 2.01. The van der Waals surface area contributed by atoms with Gasteiger partial charge in [-0.2, -0.15) is 0 Å². The van der Waals surface area contributed by atoms with Gasteiger partial charge in [-0.15, -0.1) is 0 Å². The van der Waals surface area contributed by atoms with Crippen molar-refractivity contribution in [2.45, 2.75) is 6.54 Å². The van der Waals surface area contributed by atoms with Gasteiger partial charge >= 0.3 is 0 Å². The molecule has 1 aromatic rings. The molecule has 0 radical (unpaired) electrons. The molecule has 0 atom stereocenters. The van der Waals surface area contributed by atoms with E-state index in [1.165, 1.54) is 6.07 Å². The molecule has 0 aromatic heterocycles. The van der Waals surface area contributed by atoms with Crippen LogP contribution in [0.1, 0.15) is 5.56 Å². The van der Waals surface area contributed by atoms with E-state index in [1.54, 1.807) is 6.07 Å². The van der Waals surface area contributed by atoms with E-state index in [4.69, 9.17) is 15.2 Å². The van der Waals surface area contributed by atoms with E-state index in [9.17, 15) is 8.78 Å². The lowest BCUT2D eigenvalue weighted by molar-refractivity contribution is 0.0337. The summed E-state index contributed by atoms with van der Waals surface area (Å²) in [5.41, 5.74) is 6.34. The molecular formula is C13H18F2N2O2. The Morgan fingerprint density at radius 2 is 2.05 bits per heavy atom. The molecule has 0 aliphatic carbocycles. The zero-order chi connectivity index (χ0) is 13.7. The topological polar surface area (TPSA) is 47.7 Å². The van der Waals surface area contributed by atoms with Crippen LogP contribution in [-0.4, -0.2) is 44.5 Å². The summed E-state index contributed by atoms with van der Waals surface area (Å²) in [5.74, 6) is -0.0288. The molecule has 1 saturated heterocycles. The Bertz CT molecular complexity index is 423. The summed E-state index contributed by atoms with van der Waals surface area (Å²) in [5, 5.41) is 0.